The molecule has 0 aromatic carbocycles. The lowest BCUT2D eigenvalue weighted by Gasteiger charge is -2.49. The van der Waals surface area contributed by atoms with Crippen LogP contribution in [0.3, 0.4) is 0 Å². The van der Waals surface area contributed by atoms with Gasteiger partial charge >= 0.3 is 0 Å². The van der Waals surface area contributed by atoms with Crippen LogP contribution >= 0.6 is 0 Å². The van der Waals surface area contributed by atoms with Gasteiger partial charge in [-0.15, -0.1) is 0 Å². The SMILES string of the molecule is CC1COC2(C1)CN(C(C)C)C2. The third kappa shape index (κ3) is 1.27. The van der Waals surface area contributed by atoms with Crippen molar-refractivity contribution in [2.24, 2.45) is 5.92 Å². The van der Waals surface area contributed by atoms with Gasteiger partial charge in [-0.3, -0.25) is 4.90 Å². The van der Waals surface area contributed by atoms with Gasteiger partial charge < -0.3 is 4.74 Å². The molecule has 0 saturated carbocycles. The van der Waals surface area contributed by atoms with Gasteiger partial charge in [0.05, 0.1) is 12.2 Å². The molecule has 2 rings (SSSR count). The summed E-state index contributed by atoms with van der Waals surface area (Å²) in [7, 11) is 0. The third-order valence-electron chi connectivity index (χ3n) is 3.11. The summed E-state index contributed by atoms with van der Waals surface area (Å²) in [5.74, 6) is 0.777. The summed E-state index contributed by atoms with van der Waals surface area (Å²) in [4.78, 5) is 2.48. The third-order valence-corrected chi connectivity index (χ3v) is 3.11. The van der Waals surface area contributed by atoms with E-state index in [1.807, 2.05) is 0 Å². The molecule has 2 aliphatic rings. The molecule has 2 fully saturated rings. The maximum atomic E-state index is 5.83. The summed E-state index contributed by atoms with van der Waals surface area (Å²) in [5, 5.41) is 0. The Morgan fingerprint density at radius 2 is 2.08 bits per heavy atom. The molecule has 2 heterocycles. The highest BCUT2D eigenvalue weighted by Crippen LogP contribution is 2.38. The maximum Gasteiger partial charge on any atom is 0.0938 e. The van der Waals surface area contributed by atoms with Crippen molar-refractivity contribution in [3.05, 3.63) is 0 Å². The van der Waals surface area contributed by atoms with Crippen LogP contribution in [0.4, 0.5) is 0 Å². The van der Waals surface area contributed by atoms with Gasteiger partial charge in [0.1, 0.15) is 0 Å². The van der Waals surface area contributed by atoms with E-state index in [0.717, 1.165) is 25.6 Å². The van der Waals surface area contributed by atoms with E-state index in [1.54, 1.807) is 0 Å². The van der Waals surface area contributed by atoms with Crippen LogP contribution in [-0.2, 0) is 4.74 Å². The van der Waals surface area contributed by atoms with E-state index in [-0.39, 0.29) is 5.60 Å². The van der Waals surface area contributed by atoms with Crippen molar-refractivity contribution in [2.75, 3.05) is 19.7 Å². The van der Waals surface area contributed by atoms with Gasteiger partial charge in [-0.1, -0.05) is 6.92 Å². The van der Waals surface area contributed by atoms with Crippen LogP contribution in [0.1, 0.15) is 27.2 Å². The zero-order valence-electron chi connectivity index (χ0n) is 8.34. The fourth-order valence-electron chi connectivity index (χ4n) is 2.35. The smallest absolute Gasteiger partial charge is 0.0938 e. The molecule has 2 aliphatic heterocycles. The number of hydrogen-bond donors (Lipinski definition) is 0. The van der Waals surface area contributed by atoms with Crippen molar-refractivity contribution in [1.29, 1.82) is 0 Å². The quantitative estimate of drug-likeness (QED) is 0.590. The lowest BCUT2D eigenvalue weighted by Crippen LogP contribution is -2.63. The Hall–Kier alpha value is -0.0800. The van der Waals surface area contributed by atoms with E-state index in [4.69, 9.17) is 4.74 Å². The van der Waals surface area contributed by atoms with Gasteiger partial charge in [0.25, 0.3) is 0 Å². The predicted molar refractivity (Wildman–Crippen MR) is 49.2 cm³/mol. The van der Waals surface area contributed by atoms with Crippen molar-refractivity contribution < 1.29 is 4.74 Å². The van der Waals surface area contributed by atoms with E-state index in [2.05, 4.69) is 25.7 Å². The molecule has 1 spiro atoms. The summed E-state index contributed by atoms with van der Waals surface area (Å²) in [6.45, 7) is 10.1. The van der Waals surface area contributed by atoms with Crippen molar-refractivity contribution in [2.45, 2.75) is 38.8 Å². The van der Waals surface area contributed by atoms with Crippen LogP contribution in [0.2, 0.25) is 0 Å². The highest BCUT2D eigenvalue weighted by molar-refractivity contribution is 5.01. The minimum Gasteiger partial charge on any atom is -0.372 e. The van der Waals surface area contributed by atoms with Crippen molar-refractivity contribution in [1.82, 2.24) is 4.90 Å². The van der Waals surface area contributed by atoms with Gasteiger partial charge in [0.2, 0.25) is 0 Å². The zero-order chi connectivity index (χ0) is 8.77. The molecular formula is C10H19NO. The van der Waals surface area contributed by atoms with E-state index < -0.39 is 0 Å². The van der Waals surface area contributed by atoms with Crippen LogP contribution in [0.15, 0.2) is 0 Å². The summed E-state index contributed by atoms with van der Waals surface area (Å²) in [5.41, 5.74) is 0.268. The first kappa shape index (κ1) is 8.52. The number of likely N-dealkylation sites (tertiary alicyclic amines) is 1. The molecule has 0 aromatic heterocycles. The van der Waals surface area contributed by atoms with Crippen LogP contribution < -0.4 is 0 Å². The van der Waals surface area contributed by atoms with Crippen molar-refractivity contribution in [3.63, 3.8) is 0 Å². The number of rotatable bonds is 1. The Balaban J connectivity index is 1.87. The van der Waals surface area contributed by atoms with E-state index in [9.17, 15) is 0 Å². The predicted octanol–water partition coefficient (Wildman–Crippen LogP) is 1.51. The fraction of sp³-hybridized carbons (Fsp3) is 1.00. The molecule has 0 bridgehead atoms. The van der Waals surface area contributed by atoms with Gasteiger partial charge in [-0.05, 0) is 26.2 Å². The minimum atomic E-state index is 0.268. The van der Waals surface area contributed by atoms with Gasteiger partial charge in [0, 0.05) is 19.1 Å². The molecule has 1 atom stereocenters. The number of nitrogens with zero attached hydrogens (tertiary/aromatic N) is 1. The monoisotopic (exact) mass is 169 g/mol. The van der Waals surface area contributed by atoms with Crippen LogP contribution in [0, 0.1) is 5.92 Å². The molecule has 0 amide bonds. The van der Waals surface area contributed by atoms with Crippen LogP contribution in [0.25, 0.3) is 0 Å². The second kappa shape index (κ2) is 2.71. The lowest BCUT2D eigenvalue weighted by molar-refractivity contribution is -0.121. The van der Waals surface area contributed by atoms with E-state index >= 15 is 0 Å². The second-order valence-corrected chi connectivity index (χ2v) is 4.80. The van der Waals surface area contributed by atoms with Crippen LogP contribution in [-0.4, -0.2) is 36.2 Å². The first-order chi connectivity index (χ1) is 5.61. The van der Waals surface area contributed by atoms with Gasteiger partial charge in [-0.25, -0.2) is 0 Å². The van der Waals surface area contributed by atoms with Crippen molar-refractivity contribution >= 4 is 0 Å². The van der Waals surface area contributed by atoms with E-state index in [1.165, 1.54) is 6.42 Å². The summed E-state index contributed by atoms with van der Waals surface area (Å²) < 4.78 is 5.83. The molecule has 0 N–H and O–H groups in total. The average molecular weight is 169 g/mol. The highest BCUT2D eigenvalue weighted by Gasteiger charge is 2.48. The average Bonchev–Trinajstić information content (AvgIpc) is 2.27. The molecule has 0 aliphatic carbocycles. The van der Waals surface area contributed by atoms with Gasteiger partial charge in [-0.2, -0.15) is 0 Å². The summed E-state index contributed by atoms with van der Waals surface area (Å²) in [6.07, 6.45) is 1.27. The maximum absolute atomic E-state index is 5.83. The Kier molecular flexibility index (Phi) is 1.92. The molecule has 2 saturated heterocycles. The Bertz CT molecular complexity index is 173. The van der Waals surface area contributed by atoms with E-state index in [0.29, 0.717) is 6.04 Å². The standard InChI is InChI=1S/C10H19NO/c1-8(2)11-6-10(7-11)4-9(3)5-12-10/h8-9H,4-7H2,1-3H3. The van der Waals surface area contributed by atoms with Crippen LogP contribution in [0.5, 0.6) is 0 Å². The highest BCUT2D eigenvalue weighted by atomic mass is 16.5. The first-order valence-electron chi connectivity index (χ1n) is 4.99. The fourth-order valence-corrected chi connectivity index (χ4v) is 2.35. The Morgan fingerprint density at radius 1 is 1.42 bits per heavy atom. The molecule has 12 heavy (non-hydrogen) atoms. The van der Waals surface area contributed by atoms with Crippen molar-refractivity contribution in [3.8, 4) is 0 Å². The molecule has 1 unspecified atom stereocenters. The zero-order valence-corrected chi connectivity index (χ0v) is 8.34. The summed E-state index contributed by atoms with van der Waals surface area (Å²) >= 11 is 0. The number of ether oxygens (including phenoxy) is 1. The second-order valence-electron chi connectivity index (χ2n) is 4.80. The lowest BCUT2D eigenvalue weighted by atomic mass is 9.87. The Morgan fingerprint density at radius 3 is 2.50 bits per heavy atom. The largest absolute Gasteiger partial charge is 0.372 e. The topological polar surface area (TPSA) is 12.5 Å². The molecule has 2 heteroatoms. The Labute approximate surface area is 74.9 Å². The molecular weight excluding hydrogens is 150 g/mol. The first-order valence-corrected chi connectivity index (χ1v) is 4.99. The molecule has 70 valence electrons. The minimum absolute atomic E-state index is 0.268. The molecule has 0 aromatic rings. The number of hydrogen-bond acceptors (Lipinski definition) is 2. The molecule has 0 radical (unpaired) electrons. The normalized spacial score (nSPS) is 34.5. The van der Waals surface area contributed by atoms with Gasteiger partial charge in [0.15, 0.2) is 0 Å². The molecule has 2 nitrogen and oxygen atoms in total. The summed E-state index contributed by atoms with van der Waals surface area (Å²) in [6, 6.07) is 0.690.